The van der Waals surface area contributed by atoms with Gasteiger partial charge in [-0.25, -0.2) is 0 Å². The average molecular weight is 401 g/mol. The molecule has 0 radical (unpaired) electrons. The third-order valence-electron chi connectivity index (χ3n) is 5.43. The van der Waals surface area contributed by atoms with Crippen molar-refractivity contribution in [2.45, 2.75) is 32.2 Å². The molecule has 0 spiro atoms. The number of hydrogen-bond acceptors (Lipinski definition) is 3. The molecule has 1 aliphatic heterocycles. The van der Waals surface area contributed by atoms with Crippen molar-refractivity contribution < 1.29 is 9.90 Å². The fourth-order valence-electron chi connectivity index (χ4n) is 3.59. The second-order valence-corrected chi connectivity index (χ2v) is 8.02. The van der Waals surface area contributed by atoms with E-state index in [9.17, 15) is 9.90 Å². The van der Waals surface area contributed by atoms with Crippen molar-refractivity contribution in [3.63, 3.8) is 0 Å². The van der Waals surface area contributed by atoms with Crippen molar-refractivity contribution in [1.82, 2.24) is 10.2 Å². The Bertz CT molecular complexity index is 738. The normalized spacial score (nSPS) is 15.5. The zero-order valence-corrected chi connectivity index (χ0v) is 17.0. The summed E-state index contributed by atoms with van der Waals surface area (Å²) in [4.78, 5) is 14.7. The molecule has 1 saturated heterocycles. The molecule has 1 fully saturated rings. The molecule has 2 N–H and O–H groups in total. The lowest BCUT2D eigenvalue weighted by molar-refractivity contribution is 0.0953. The second-order valence-electron chi connectivity index (χ2n) is 7.58. The number of aryl methyl sites for hydroxylation is 1. The number of piperidine rings is 1. The summed E-state index contributed by atoms with van der Waals surface area (Å²) in [5.41, 5.74) is 3.15. The van der Waals surface area contributed by atoms with Gasteiger partial charge in [0.25, 0.3) is 5.91 Å². The highest BCUT2D eigenvalue weighted by atomic mass is 35.5. The van der Waals surface area contributed by atoms with Crippen LogP contribution in [0.4, 0.5) is 0 Å². The first kappa shape index (κ1) is 20.8. The molecule has 0 saturated carbocycles. The summed E-state index contributed by atoms with van der Waals surface area (Å²) in [6, 6.07) is 15.7. The number of amides is 1. The highest BCUT2D eigenvalue weighted by molar-refractivity contribution is 6.30. The van der Waals surface area contributed by atoms with E-state index < -0.39 is 0 Å². The Morgan fingerprint density at radius 1 is 1.04 bits per heavy atom. The molecule has 3 rings (SSSR count). The minimum Gasteiger partial charge on any atom is -0.396 e. The van der Waals surface area contributed by atoms with Crippen molar-refractivity contribution in [3.05, 3.63) is 70.2 Å². The number of hydrogen-bond donors (Lipinski definition) is 2. The van der Waals surface area contributed by atoms with Crippen LogP contribution in [0.1, 0.15) is 40.7 Å². The largest absolute Gasteiger partial charge is 0.396 e. The van der Waals surface area contributed by atoms with Crippen molar-refractivity contribution in [1.29, 1.82) is 0 Å². The molecule has 2 aromatic carbocycles. The first-order chi connectivity index (χ1) is 13.6. The van der Waals surface area contributed by atoms with Crippen LogP contribution in [-0.4, -0.2) is 42.2 Å². The average Bonchev–Trinajstić information content (AvgIpc) is 2.73. The highest BCUT2D eigenvalue weighted by Gasteiger charge is 2.18. The summed E-state index contributed by atoms with van der Waals surface area (Å²) in [5, 5.41) is 13.0. The Labute approximate surface area is 172 Å². The second kappa shape index (κ2) is 10.6. The van der Waals surface area contributed by atoms with Crippen molar-refractivity contribution in [3.8, 4) is 0 Å². The van der Waals surface area contributed by atoms with E-state index in [1.165, 1.54) is 11.1 Å². The monoisotopic (exact) mass is 400 g/mol. The first-order valence-corrected chi connectivity index (χ1v) is 10.5. The highest BCUT2D eigenvalue weighted by Crippen LogP contribution is 2.18. The van der Waals surface area contributed by atoms with E-state index >= 15 is 0 Å². The number of aliphatic hydroxyl groups is 1. The Morgan fingerprint density at radius 3 is 2.32 bits per heavy atom. The maximum atomic E-state index is 12.3. The zero-order chi connectivity index (χ0) is 19.8. The topological polar surface area (TPSA) is 52.6 Å². The number of carbonyl (C=O) groups excluding carboxylic acids is 1. The predicted octanol–water partition coefficient (Wildman–Crippen LogP) is 3.91. The Morgan fingerprint density at radius 2 is 1.68 bits per heavy atom. The molecule has 0 aromatic heterocycles. The molecule has 5 heteroatoms. The molecule has 1 amide bonds. The Kier molecular flexibility index (Phi) is 7.90. The Hall–Kier alpha value is -1.88. The van der Waals surface area contributed by atoms with Crippen LogP contribution in [0.25, 0.3) is 0 Å². The third-order valence-corrected chi connectivity index (χ3v) is 5.68. The lowest BCUT2D eigenvalue weighted by atomic mass is 9.97. The van der Waals surface area contributed by atoms with Gasteiger partial charge in [0.15, 0.2) is 0 Å². The number of nitrogens with zero attached hydrogens (tertiary/aromatic N) is 1. The van der Waals surface area contributed by atoms with Crippen molar-refractivity contribution >= 4 is 17.5 Å². The molecule has 1 aliphatic rings. The van der Waals surface area contributed by atoms with Crippen LogP contribution in [0.2, 0.25) is 5.02 Å². The van der Waals surface area contributed by atoms with E-state index in [2.05, 4.69) is 10.2 Å². The molecule has 0 atom stereocenters. The molecular weight excluding hydrogens is 372 g/mol. The van der Waals surface area contributed by atoms with Gasteiger partial charge >= 0.3 is 0 Å². The van der Waals surface area contributed by atoms with Gasteiger partial charge in [0.2, 0.25) is 0 Å². The van der Waals surface area contributed by atoms with Crippen molar-refractivity contribution in [2.24, 2.45) is 5.92 Å². The van der Waals surface area contributed by atoms with Crippen LogP contribution in [0.15, 0.2) is 48.5 Å². The van der Waals surface area contributed by atoms with Gasteiger partial charge in [-0.2, -0.15) is 0 Å². The van der Waals surface area contributed by atoms with Crippen LogP contribution in [0.5, 0.6) is 0 Å². The lowest BCUT2D eigenvalue weighted by Gasteiger charge is -2.31. The number of rotatable bonds is 8. The van der Waals surface area contributed by atoms with Gasteiger partial charge in [-0.1, -0.05) is 35.9 Å². The van der Waals surface area contributed by atoms with E-state index in [0.29, 0.717) is 24.6 Å². The number of carbonyl (C=O) groups is 1. The number of nitrogens with one attached hydrogen (secondary N) is 1. The standard InChI is InChI=1S/C23H29ClN2O2/c24-22-9-5-18(6-10-22)2-1-13-25-23(28)21-7-3-19(4-8-21)16-26-14-11-20(17-27)12-15-26/h3-10,20,27H,1-2,11-17H2,(H,25,28). The van der Waals surface area contributed by atoms with Crippen LogP contribution in [0.3, 0.4) is 0 Å². The molecule has 28 heavy (non-hydrogen) atoms. The summed E-state index contributed by atoms with van der Waals surface area (Å²) >= 11 is 5.89. The van der Waals surface area contributed by atoms with Gasteiger partial charge in [0.05, 0.1) is 0 Å². The molecule has 0 unspecified atom stereocenters. The van der Waals surface area contributed by atoms with E-state index in [4.69, 9.17) is 11.6 Å². The Balaban J connectivity index is 1.39. The summed E-state index contributed by atoms with van der Waals surface area (Å²) in [7, 11) is 0. The van der Waals surface area contributed by atoms with Gasteiger partial charge in [-0.15, -0.1) is 0 Å². The summed E-state index contributed by atoms with van der Waals surface area (Å²) in [6.45, 7) is 3.92. The van der Waals surface area contributed by atoms with Gasteiger partial charge in [-0.05, 0) is 80.1 Å². The van der Waals surface area contributed by atoms with Crippen LogP contribution in [0, 0.1) is 5.92 Å². The number of likely N-dealkylation sites (tertiary alicyclic amines) is 1. The maximum Gasteiger partial charge on any atom is 0.251 e. The summed E-state index contributed by atoms with van der Waals surface area (Å²) < 4.78 is 0. The molecule has 0 bridgehead atoms. The number of aliphatic hydroxyl groups excluding tert-OH is 1. The molecule has 150 valence electrons. The summed E-state index contributed by atoms with van der Waals surface area (Å²) in [6.07, 6.45) is 3.94. The SMILES string of the molecule is O=C(NCCCc1ccc(Cl)cc1)c1ccc(CN2CCC(CO)CC2)cc1. The van der Waals surface area contributed by atoms with E-state index in [-0.39, 0.29) is 5.91 Å². The molecular formula is C23H29ClN2O2. The van der Waals surface area contributed by atoms with Crippen LogP contribution < -0.4 is 5.32 Å². The van der Waals surface area contributed by atoms with Gasteiger partial charge in [0, 0.05) is 30.3 Å². The van der Waals surface area contributed by atoms with Crippen LogP contribution in [-0.2, 0) is 13.0 Å². The fourth-order valence-corrected chi connectivity index (χ4v) is 3.72. The third kappa shape index (κ3) is 6.33. The van der Waals surface area contributed by atoms with Gasteiger partial charge in [0.1, 0.15) is 0 Å². The van der Waals surface area contributed by atoms with E-state index in [1.54, 1.807) is 0 Å². The molecule has 0 aliphatic carbocycles. The maximum absolute atomic E-state index is 12.3. The fraction of sp³-hybridized carbons (Fsp3) is 0.435. The first-order valence-electron chi connectivity index (χ1n) is 10.1. The van der Waals surface area contributed by atoms with E-state index in [1.807, 2.05) is 48.5 Å². The zero-order valence-electron chi connectivity index (χ0n) is 16.2. The minimum absolute atomic E-state index is 0.0218. The molecule has 4 nitrogen and oxygen atoms in total. The number of benzene rings is 2. The van der Waals surface area contributed by atoms with Gasteiger partial charge in [-0.3, -0.25) is 9.69 Å². The van der Waals surface area contributed by atoms with E-state index in [0.717, 1.165) is 50.3 Å². The quantitative estimate of drug-likeness (QED) is 0.660. The molecule has 2 aromatic rings. The molecule has 1 heterocycles. The van der Waals surface area contributed by atoms with Crippen LogP contribution >= 0.6 is 11.6 Å². The predicted molar refractivity (Wildman–Crippen MR) is 114 cm³/mol. The van der Waals surface area contributed by atoms with Crippen molar-refractivity contribution in [2.75, 3.05) is 26.2 Å². The summed E-state index contributed by atoms with van der Waals surface area (Å²) in [5.74, 6) is 0.438. The lowest BCUT2D eigenvalue weighted by Crippen LogP contribution is -2.34. The smallest absolute Gasteiger partial charge is 0.251 e. The van der Waals surface area contributed by atoms with Gasteiger partial charge < -0.3 is 10.4 Å². The minimum atomic E-state index is -0.0218. The number of halogens is 1.